The fraction of sp³-hybridized carbons (Fsp3) is 0.273. The molecule has 0 aliphatic heterocycles. The molecule has 0 saturated heterocycles. The van der Waals surface area contributed by atoms with Gasteiger partial charge in [0.15, 0.2) is 0 Å². The molecular formula is C22H22N2O2. The Bertz CT molecular complexity index is 1010. The Morgan fingerprint density at radius 2 is 1.77 bits per heavy atom. The number of fused-ring (bicyclic) bond motifs is 3. The van der Waals surface area contributed by atoms with Crippen LogP contribution >= 0.6 is 0 Å². The third-order valence-electron chi connectivity index (χ3n) is 5.10. The molecule has 4 rings (SSSR count). The number of pyridine rings is 1. The van der Waals surface area contributed by atoms with Gasteiger partial charge in [-0.3, -0.25) is 9.59 Å². The summed E-state index contributed by atoms with van der Waals surface area (Å²) in [7, 11) is 0. The van der Waals surface area contributed by atoms with Crippen molar-refractivity contribution in [2.45, 2.75) is 38.5 Å². The number of amides is 1. The molecule has 26 heavy (non-hydrogen) atoms. The molecule has 1 aliphatic rings. The number of aromatic nitrogens is 1. The second kappa shape index (κ2) is 7.16. The SMILES string of the molecule is O=C(CCc1ccccc1)Nc1ccc2c3c(c(=O)[nH]c2c1)CCCC3. The molecule has 0 bridgehead atoms. The summed E-state index contributed by atoms with van der Waals surface area (Å²) in [6.07, 6.45) is 5.17. The molecule has 1 aromatic heterocycles. The Morgan fingerprint density at radius 1 is 1.00 bits per heavy atom. The average molecular weight is 346 g/mol. The Kier molecular flexibility index (Phi) is 4.57. The van der Waals surface area contributed by atoms with Gasteiger partial charge in [-0.1, -0.05) is 36.4 Å². The molecule has 0 unspecified atom stereocenters. The van der Waals surface area contributed by atoms with E-state index in [0.717, 1.165) is 53.4 Å². The van der Waals surface area contributed by atoms with Gasteiger partial charge in [0.05, 0.1) is 5.52 Å². The summed E-state index contributed by atoms with van der Waals surface area (Å²) < 4.78 is 0. The van der Waals surface area contributed by atoms with Crippen molar-refractivity contribution in [2.24, 2.45) is 0 Å². The quantitative estimate of drug-likeness (QED) is 0.751. The largest absolute Gasteiger partial charge is 0.326 e. The van der Waals surface area contributed by atoms with Crippen molar-refractivity contribution in [3.63, 3.8) is 0 Å². The van der Waals surface area contributed by atoms with E-state index in [9.17, 15) is 9.59 Å². The Morgan fingerprint density at radius 3 is 2.58 bits per heavy atom. The minimum Gasteiger partial charge on any atom is -0.326 e. The molecule has 4 nitrogen and oxygen atoms in total. The molecule has 0 spiro atoms. The maximum absolute atomic E-state index is 12.3. The van der Waals surface area contributed by atoms with E-state index in [1.54, 1.807) is 0 Å². The fourth-order valence-electron chi connectivity index (χ4n) is 3.77. The van der Waals surface area contributed by atoms with E-state index in [-0.39, 0.29) is 11.5 Å². The van der Waals surface area contributed by atoms with Crippen LogP contribution in [0.2, 0.25) is 0 Å². The highest BCUT2D eigenvalue weighted by atomic mass is 16.1. The smallest absolute Gasteiger partial charge is 0.251 e. The molecule has 0 saturated carbocycles. The van der Waals surface area contributed by atoms with Crippen LogP contribution in [0.5, 0.6) is 0 Å². The number of nitrogens with one attached hydrogen (secondary N) is 2. The van der Waals surface area contributed by atoms with Crippen molar-refractivity contribution in [2.75, 3.05) is 5.32 Å². The molecule has 3 aromatic rings. The van der Waals surface area contributed by atoms with Crippen LogP contribution in [-0.2, 0) is 24.1 Å². The van der Waals surface area contributed by atoms with Gasteiger partial charge in [0, 0.05) is 23.1 Å². The highest BCUT2D eigenvalue weighted by Gasteiger charge is 2.16. The standard InChI is InChI=1S/C22H22N2O2/c25-21(13-10-15-6-2-1-3-7-15)23-16-11-12-18-17-8-4-5-9-19(17)22(26)24-20(18)14-16/h1-3,6-7,11-12,14H,4-5,8-10,13H2,(H,23,25)(H,24,26). The summed E-state index contributed by atoms with van der Waals surface area (Å²) in [5.41, 5.74) is 4.80. The zero-order valence-electron chi connectivity index (χ0n) is 14.7. The Balaban J connectivity index is 1.52. The number of hydrogen-bond acceptors (Lipinski definition) is 2. The number of rotatable bonds is 4. The second-order valence-electron chi connectivity index (χ2n) is 6.91. The van der Waals surface area contributed by atoms with Crippen LogP contribution in [0.4, 0.5) is 5.69 Å². The second-order valence-corrected chi connectivity index (χ2v) is 6.91. The summed E-state index contributed by atoms with van der Waals surface area (Å²) in [5, 5.41) is 4.04. The van der Waals surface area contributed by atoms with Crippen molar-refractivity contribution in [1.82, 2.24) is 4.98 Å². The first kappa shape index (κ1) is 16.6. The fourth-order valence-corrected chi connectivity index (χ4v) is 3.77. The van der Waals surface area contributed by atoms with Gasteiger partial charge < -0.3 is 10.3 Å². The van der Waals surface area contributed by atoms with E-state index in [1.807, 2.05) is 48.5 Å². The minimum absolute atomic E-state index is 0.0137. The summed E-state index contributed by atoms with van der Waals surface area (Å²) >= 11 is 0. The molecule has 2 aromatic carbocycles. The highest BCUT2D eigenvalue weighted by molar-refractivity contribution is 5.94. The zero-order valence-corrected chi connectivity index (χ0v) is 14.7. The molecule has 1 amide bonds. The topological polar surface area (TPSA) is 62.0 Å². The summed E-state index contributed by atoms with van der Waals surface area (Å²) in [5.74, 6) is -0.0199. The molecule has 0 radical (unpaired) electrons. The first-order valence-electron chi connectivity index (χ1n) is 9.22. The maximum atomic E-state index is 12.3. The first-order chi connectivity index (χ1) is 12.7. The van der Waals surface area contributed by atoms with E-state index in [4.69, 9.17) is 0 Å². The van der Waals surface area contributed by atoms with Crippen molar-refractivity contribution in [3.05, 3.63) is 75.6 Å². The van der Waals surface area contributed by atoms with Gasteiger partial charge in [0.1, 0.15) is 0 Å². The lowest BCUT2D eigenvalue weighted by Gasteiger charge is -2.17. The lowest BCUT2D eigenvalue weighted by Crippen LogP contribution is -2.19. The van der Waals surface area contributed by atoms with Gasteiger partial charge in [-0.05, 0) is 55.4 Å². The first-order valence-corrected chi connectivity index (χ1v) is 9.22. The van der Waals surface area contributed by atoms with Crippen molar-refractivity contribution in [3.8, 4) is 0 Å². The van der Waals surface area contributed by atoms with Crippen molar-refractivity contribution >= 4 is 22.5 Å². The van der Waals surface area contributed by atoms with Gasteiger partial charge in [-0.15, -0.1) is 0 Å². The highest BCUT2D eigenvalue weighted by Crippen LogP contribution is 2.27. The third-order valence-corrected chi connectivity index (χ3v) is 5.10. The predicted octanol–water partition coefficient (Wildman–Crippen LogP) is 3.98. The Hall–Kier alpha value is -2.88. The molecule has 0 atom stereocenters. The molecule has 1 aliphatic carbocycles. The molecule has 132 valence electrons. The van der Waals surface area contributed by atoms with E-state index in [1.165, 1.54) is 5.56 Å². The molecular weight excluding hydrogens is 324 g/mol. The van der Waals surface area contributed by atoms with Crippen LogP contribution < -0.4 is 10.9 Å². The molecule has 0 fully saturated rings. The molecule has 1 heterocycles. The molecule has 2 N–H and O–H groups in total. The Labute approximate surface area is 152 Å². The van der Waals surface area contributed by atoms with Gasteiger partial charge in [-0.25, -0.2) is 0 Å². The van der Waals surface area contributed by atoms with Crippen LogP contribution in [0.1, 0.15) is 36.0 Å². The van der Waals surface area contributed by atoms with Gasteiger partial charge in [0.2, 0.25) is 5.91 Å². The number of carbonyl (C=O) groups excluding carboxylic acids is 1. The van der Waals surface area contributed by atoms with Gasteiger partial charge in [0.25, 0.3) is 5.56 Å². The number of benzene rings is 2. The van der Waals surface area contributed by atoms with Crippen molar-refractivity contribution < 1.29 is 4.79 Å². The van der Waals surface area contributed by atoms with Gasteiger partial charge in [-0.2, -0.15) is 0 Å². The predicted molar refractivity (Wildman–Crippen MR) is 105 cm³/mol. The average Bonchev–Trinajstić information content (AvgIpc) is 2.67. The third kappa shape index (κ3) is 3.40. The van der Waals surface area contributed by atoms with Crippen molar-refractivity contribution in [1.29, 1.82) is 0 Å². The summed E-state index contributed by atoms with van der Waals surface area (Å²) in [6.45, 7) is 0. The monoisotopic (exact) mass is 346 g/mol. The van der Waals surface area contributed by atoms with Crippen LogP contribution in [-0.4, -0.2) is 10.9 Å². The lowest BCUT2D eigenvalue weighted by molar-refractivity contribution is -0.116. The molecule has 4 heteroatoms. The number of aromatic amines is 1. The number of H-pyrrole nitrogens is 1. The van der Waals surface area contributed by atoms with E-state index in [0.29, 0.717) is 12.8 Å². The van der Waals surface area contributed by atoms with E-state index < -0.39 is 0 Å². The van der Waals surface area contributed by atoms with Crippen LogP contribution in [0.15, 0.2) is 53.3 Å². The normalized spacial score (nSPS) is 13.4. The number of aryl methyl sites for hydroxylation is 2. The zero-order chi connectivity index (χ0) is 17.9. The van der Waals surface area contributed by atoms with Crippen LogP contribution in [0, 0.1) is 0 Å². The lowest BCUT2D eigenvalue weighted by atomic mass is 9.90. The summed E-state index contributed by atoms with van der Waals surface area (Å²) in [6, 6.07) is 15.8. The summed E-state index contributed by atoms with van der Waals surface area (Å²) in [4.78, 5) is 27.5. The van der Waals surface area contributed by atoms with Crippen LogP contribution in [0.25, 0.3) is 10.9 Å². The van der Waals surface area contributed by atoms with E-state index in [2.05, 4.69) is 10.3 Å². The number of hydrogen-bond donors (Lipinski definition) is 2. The maximum Gasteiger partial charge on any atom is 0.251 e. The van der Waals surface area contributed by atoms with Gasteiger partial charge >= 0.3 is 0 Å². The van der Waals surface area contributed by atoms with E-state index >= 15 is 0 Å². The minimum atomic E-state index is -0.0199. The number of carbonyl (C=O) groups is 1. The number of anilines is 1. The van der Waals surface area contributed by atoms with Crippen LogP contribution in [0.3, 0.4) is 0 Å².